The fourth-order valence-electron chi connectivity index (χ4n) is 2.42. The molecule has 0 unspecified atom stereocenters. The maximum atomic E-state index is 11.3. The largest absolute Gasteiger partial charge is 0.483 e. The lowest BCUT2D eigenvalue weighted by atomic mass is 10.1. The van der Waals surface area contributed by atoms with Gasteiger partial charge in [-0.25, -0.2) is 0 Å². The first-order valence-electron chi connectivity index (χ1n) is 6.98. The average Bonchev–Trinajstić information content (AvgIpc) is 2.41. The molecule has 1 saturated heterocycles. The molecule has 1 fully saturated rings. The number of nitro groups is 1. The second-order valence-corrected chi connectivity index (χ2v) is 5.06. The summed E-state index contributed by atoms with van der Waals surface area (Å²) in [5, 5.41) is 14.3. The first-order chi connectivity index (χ1) is 9.61. The van der Waals surface area contributed by atoms with Crippen molar-refractivity contribution in [3.05, 3.63) is 28.3 Å². The number of likely N-dealkylation sites (tertiary alicyclic amines) is 1. The SMILES string of the molecule is CCNc1cccc(OC2CCN(C)CC2)c1[N+](=O)[O-]. The van der Waals surface area contributed by atoms with Crippen molar-refractivity contribution in [2.75, 3.05) is 32.0 Å². The van der Waals surface area contributed by atoms with Gasteiger partial charge in [-0.05, 0) is 38.9 Å². The summed E-state index contributed by atoms with van der Waals surface area (Å²) in [4.78, 5) is 13.2. The van der Waals surface area contributed by atoms with Gasteiger partial charge in [-0.1, -0.05) is 6.07 Å². The average molecular weight is 279 g/mol. The van der Waals surface area contributed by atoms with Crippen LogP contribution in [-0.4, -0.2) is 42.6 Å². The molecular weight excluding hydrogens is 258 g/mol. The van der Waals surface area contributed by atoms with E-state index in [1.807, 2.05) is 6.92 Å². The third kappa shape index (κ3) is 3.39. The van der Waals surface area contributed by atoms with Crippen molar-refractivity contribution in [1.29, 1.82) is 0 Å². The Morgan fingerprint density at radius 3 is 2.75 bits per heavy atom. The van der Waals surface area contributed by atoms with Crippen molar-refractivity contribution in [1.82, 2.24) is 4.90 Å². The van der Waals surface area contributed by atoms with Crippen LogP contribution in [0, 0.1) is 10.1 Å². The Morgan fingerprint density at radius 1 is 1.45 bits per heavy atom. The third-order valence-electron chi connectivity index (χ3n) is 3.51. The maximum Gasteiger partial charge on any atom is 0.333 e. The van der Waals surface area contributed by atoms with E-state index in [2.05, 4.69) is 17.3 Å². The molecule has 1 aliphatic rings. The Balaban J connectivity index is 2.18. The highest BCUT2D eigenvalue weighted by Gasteiger charge is 2.25. The summed E-state index contributed by atoms with van der Waals surface area (Å²) < 4.78 is 5.87. The van der Waals surface area contributed by atoms with E-state index in [1.165, 1.54) is 0 Å². The summed E-state index contributed by atoms with van der Waals surface area (Å²) >= 11 is 0. The molecule has 1 aliphatic heterocycles. The van der Waals surface area contributed by atoms with E-state index >= 15 is 0 Å². The number of hydrogen-bond acceptors (Lipinski definition) is 5. The number of benzene rings is 1. The number of para-hydroxylation sites is 1. The van der Waals surface area contributed by atoms with E-state index in [4.69, 9.17) is 4.74 Å². The molecule has 1 aromatic rings. The Labute approximate surface area is 118 Å². The standard InChI is InChI=1S/C14H21N3O3/c1-3-15-12-5-4-6-13(14(12)17(18)19)20-11-7-9-16(2)10-8-11/h4-6,11,15H,3,7-10H2,1-2H3. The molecule has 6 nitrogen and oxygen atoms in total. The molecule has 0 bridgehead atoms. The molecule has 0 aliphatic carbocycles. The van der Waals surface area contributed by atoms with Crippen LogP contribution < -0.4 is 10.1 Å². The van der Waals surface area contributed by atoms with Gasteiger partial charge in [0.2, 0.25) is 0 Å². The number of hydrogen-bond donors (Lipinski definition) is 1. The Morgan fingerprint density at radius 2 is 2.15 bits per heavy atom. The number of piperidine rings is 1. The lowest BCUT2D eigenvalue weighted by Gasteiger charge is -2.29. The van der Waals surface area contributed by atoms with Crippen LogP contribution in [0.5, 0.6) is 5.75 Å². The van der Waals surface area contributed by atoms with Crippen molar-refractivity contribution >= 4 is 11.4 Å². The second kappa shape index (κ2) is 6.56. The predicted molar refractivity (Wildman–Crippen MR) is 78.4 cm³/mol. The Bertz CT molecular complexity index is 471. The molecule has 0 radical (unpaired) electrons. The number of nitrogens with zero attached hydrogens (tertiary/aromatic N) is 2. The maximum absolute atomic E-state index is 11.3. The van der Waals surface area contributed by atoms with Crippen molar-refractivity contribution < 1.29 is 9.66 Å². The van der Waals surface area contributed by atoms with Crippen molar-refractivity contribution in [2.45, 2.75) is 25.9 Å². The third-order valence-corrected chi connectivity index (χ3v) is 3.51. The highest BCUT2D eigenvalue weighted by atomic mass is 16.6. The molecule has 2 rings (SSSR count). The van der Waals surface area contributed by atoms with Gasteiger partial charge >= 0.3 is 5.69 Å². The molecule has 0 spiro atoms. The van der Waals surface area contributed by atoms with Gasteiger partial charge in [0.25, 0.3) is 0 Å². The van der Waals surface area contributed by atoms with E-state index in [1.54, 1.807) is 18.2 Å². The molecule has 0 saturated carbocycles. The van der Waals surface area contributed by atoms with E-state index in [0.717, 1.165) is 25.9 Å². The zero-order valence-electron chi connectivity index (χ0n) is 12.0. The molecule has 0 amide bonds. The Kier molecular flexibility index (Phi) is 4.79. The quantitative estimate of drug-likeness (QED) is 0.662. The molecule has 110 valence electrons. The summed E-state index contributed by atoms with van der Waals surface area (Å²) in [6.07, 6.45) is 1.86. The molecule has 1 N–H and O–H groups in total. The zero-order chi connectivity index (χ0) is 14.5. The smallest absolute Gasteiger partial charge is 0.333 e. The first kappa shape index (κ1) is 14.6. The van der Waals surface area contributed by atoms with Crippen molar-refractivity contribution in [3.8, 4) is 5.75 Å². The van der Waals surface area contributed by atoms with Crippen molar-refractivity contribution in [3.63, 3.8) is 0 Å². The monoisotopic (exact) mass is 279 g/mol. The van der Waals surface area contributed by atoms with Crippen LogP contribution in [-0.2, 0) is 0 Å². The van der Waals surface area contributed by atoms with Gasteiger partial charge in [-0.2, -0.15) is 0 Å². The van der Waals surface area contributed by atoms with E-state index in [0.29, 0.717) is 18.0 Å². The van der Waals surface area contributed by atoms with Gasteiger partial charge in [-0.3, -0.25) is 10.1 Å². The van der Waals surface area contributed by atoms with E-state index in [9.17, 15) is 10.1 Å². The summed E-state index contributed by atoms with van der Waals surface area (Å²) in [6, 6.07) is 5.18. The molecule has 6 heteroatoms. The number of nitrogens with one attached hydrogen (secondary N) is 1. The number of anilines is 1. The topological polar surface area (TPSA) is 67.6 Å². The van der Waals surface area contributed by atoms with Gasteiger partial charge in [-0.15, -0.1) is 0 Å². The minimum Gasteiger partial charge on any atom is -0.483 e. The van der Waals surface area contributed by atoms with Crippen LogP contribution in [0.3, 0.4) is 0 Å². The lowest BCUT2D eigenvalue weighted by molar-refractivity contribution is -0.385. The predicted octanol–water partition coefficient (Wildman–Crippen LogP) is 2.50. The summed E-state index contributed by atoms with van der Waals surface area (Å²) in [7, 11) is 2.07. The van der Waals surface area contributed by atoms with E-state index < -0.39 is 0 Å². The molecule has 0 aromatic heterocycles. The van der Waals surface area contributed by atoms with Gasteiger partial charge < -0.3 is 15.0 Å². The van der Waals surface area contributed by atoms with Crippen LogP contribution in [0.15, 0.2) is 18.2 Å². The molecule has 0 atom stereocenters. The zero-order valence-corrected chi connectivity index (χ0v) is 12.0. The molecule has 1 aromatic carbocycles. The first-order valence-corrected chi connectivity index (χ1v) is 6.98. The van der Waals surface area contributed by atoms with Gasteiger partial charge in [0.15, 0.2) is 5.75 Å². The number of nitro benzene ring substituents is 1. The summed E-state index contributed by atoms with van der Waals surface area (Å²) in [5.74, 6) is 0.364. The van der Waals surface area contributed by atoms with Crippen LogP contribution in [0.4, 0.5) is 11.4 Å². The van der Waals surface area contributed by atoms with Crippen LogP contribution in [0.2, 0.25) is 0 Å². The number of rotatable bonds is 5. The Hall–Kier alpha value is -1.82. The normalized spacial score (nSPS) is 16.9. The highest BCUT2D eigenvalue weighted by Crippen LogP contribution is 2.36. The fraction of sp³-hybridized carbons (Fsp3) is 0.571. The van der Waals surface area contributed by atoms with E-state index in [-0.39, 0.29) is 16.7 Å². The fourth-order valence-corrected chi connectivity index (χ4v) is 2.42. The van der Waals surface area contributed by atoms with Crippen LogP contribution in [0.1, 0.15) is 19.8 Å². The van der Waals surface area contributed by atoms with Gasteiger partial charge in [0.05, 0.1) is 4.92 Å². The van der Waals surface area contributed by atoms with Gasteiger partial charge in [0, 0.05) is 19.6 Å². The number of ether oxygens (including phenoxy) is 1. The minimum atomic E-state index is -0.373. The van der Waals surface area contributed by atoms with Crippen molar-refractivity contribution in [2.24, 2.45) is 0 Å². The second-order valence-electron chi connectivity index (χ2n) is 5.06. The summed E-state index contributed by atoms with van der Waals surface area (Å²) in [6.45, 7) is 4.48. The van der Waals surface area contributed by atoms with Gasteiger partial charge in [0.1, 0.15) is 11.8 Å². The summed E-state index contributed by atoms with van der Waals surface area (Å²) in [5.41, 5.74) is 0.552. The van der Waals surface area contributed by atoms with Crippen LogP contribution in [0.25, 0.3) is 0 Å². The minimum absolute atomic E-state index is 0.0354. The molecular formula is C14H21N3O3. The highest BCUT2D eigenvalue weighted by molar-refractivity contribution is 5.68. The lowest BCUT2D eigenvalue weighted by Crippen LogP contribution is -2.35. The molecule has 20 heavy (non-hydrogen) atoms. The molecule has 1 heterocycles. The van der Waals surface area contributed by atoms with Crippen LogP contribution >= 0.6 is 0 Å².